The van der Waals surface area contributed by atoms with E-state index in [1.165, 1.54) is 97.5 Å². The Bertz CT molecular complexity index is 2620. The molecule has 0 aliphatic rings. The molecule has 0 unspecified atom stereocenters. The molecule has 0 saturated carbocycles. The van der Waals surface area contributed by atoms with Gasteiger partial charge in [0.15, 0.2) is 0 Å². The number of fused-ring (bicyclic) bond motifs is 4. The van der Waals surface area contributed by atoms with Crippen LogP contribution in [-0.4, -0.2) is 16.0 Å². The molecule has 0 aromatic heterocycles. The van der Waals surface area contributed by atoms with Gasteiger partial charge in [-0.2, -0.15) is 12.1 Å². The predicted molar refractivity (Wildman–Crippen MR) is 254 cm³/mol. The monoisotopic (exact) mass is 796 g/mol. The molecule has 2 heteroatoms. The molecule has 10 aromatic carbocycles. The Morgan fingerprint density at radius 1 is 0.397 bits per heavy atom. The zero-order valence-corrected chi connectivity index (χ0v) is 36.4. The van der Waals surface area contributed by atoms with Gasteiger partial charge in [-0.05, 0) is 45.5 Å². The summed E-state index contributed by atoms with van der Waals surface area (Å²) in [5.74, 6) is 0. The van der Waals surface area contributed by atoms with Crippen LogP contribution in [0.15, 0.2) is 206 Å². The van der Waals surface area contributed by atoms with Gasteiger partial charge >= 0.3 is 21.7 Å². The topological polar surface area (TPSA) is 0 Å². The summed E-state index contributed by atoms with van der Waals surface area (Å²) in [6, 6.07) is 73.6. The first-order valence-corrected chi connectivity index (χ1v) is 20.7. The quantitative estimate of drug-likeness (QED) is 0.116. The zero-order valence-electron chi connectivity index (χ0n) is 33.4. The van der Waals surface area contributed by atoms with E-state index >= 15 is 0 Å². The molecule has 0 fully saturated rings. The predicted octanol–water partition coefficient (Wildman–Crippen LogP) is 14.1. The molecule has 0 spiro atoms. The molecule has 0 radical (unpaired) electrons. The third-order valence-corrected chi connectivity index (χ3v) is 10.5. The molecule has 0 atom stereocenters. The van der Waals surface area contributed by atoms with Crippen LogP contribution in [0, 0.1) is 6.42 Å². The molecule has 0 amide bonds. The number of aryl methyl sites for hydroxylation is 2. The molecule has 0 N–H and O–H groups in total. The Balaban J connectivity index is 0.000000146. The van der Waals surface area contributed by atoms with Crippen LogP contribution in [-0.2, 0) is 34.6 Å². The minimum absolute atomic E-state index is 0. The van der Waals surface area contributed by atoms with E-state index in [1.807, 2.05) is 12.1 Å². The van der Waals surface area contributed by atoms with E-state index in [2.05, 4.69) is 221 Å². The Hall–Kier alpha value is -5.83. The van der Waals surface area contributed by atoms with Crippen molar-refractivity contribution in [1.29, 1.82) is 0 Å². The average molecular weight is 797 g/mol. The van der Waals surface area contributed by atoms with E-state index in [-0.39, 0.29) is 21.7 Å². The summed E-state index contributed by atoms with van der Waals surface area (Å²) >= 11 is 0. The average Bonchev–Trinajstić information content (AvgIpc) is 3.93. The van der Waals surface area contributed by atoms with Gasteiger partial charge in [0.1, 0.15) is 0 Å². The number of hydrogen-bond donors (Lipinski definition) is 0. The third kappa shape index (κ3) is 9.64. The summed E-state index contributed by atoms with van der Waals surface area (Å²) in [5, 5.41) is 10.7. The van der Waals surface area contributed by atoms with Gasteiger partial charge in [0.2, 0.25) is 0 Å². The van der Waals surface area contributed by atoms with Gasteiger partial charge < -0.3 is 6.17 Å². The van der Waals surface area contributed by atoms with Crippen molar-refractivity contribution in [3.63, 3.8) is 0 Å². The summed E-state index contributed by atoms with van der Waals surface area (Å²) < 4.78 is 0. The molecule has 280 valence electrons. The maximum absolute atomic E-state index is 4.53. The van der Waals surface area contributed by atoms with Crippen LogP contribution in [0.1, 0.15) is 36.1 Å². The van der Waals surface area contributed by atoms with Crippen LogP contribution < -0.4 is 0 Å². The summed E-state index contributed by atoms with van der Waals surface area (Å²) in [6.45, 7) is 4.43. The van der Waals surface area contributed by atoms with Crippen molar-refractivity contribution < 1.29 is 21.7 Å². The van der Waals surface area contributed by atoms with Gasteiger partial charge in [-0.3, -0.25) is 0 Å². The maximum Gasteiger partial charge on any atom is 4.00 e. The molecule has 58 heavy (non-hydrogen) atoms. The van der Waals surface area contributed by atoms with Crippen LogP contribution in [0.2, 0.25) is 0 Å². The standard InChI is InChI=1S/2C21H17.C13H11.CH3Si.Ti/c2*1-2-15-13-17-9-6-12-20(21(17)14-15)19-11-5-8-16-7-3-4-10-18(16)19;1-3-7-12(8-4-1)11-13-9-5-2-6-10-13;1-2;/h2*3-14H,2H2,1H3;1-11H;1H,2H2;/q4*-1;+4. The van der Waals surface area contributed by atoms with Crippen molar-refractivity contribution in [2.45, 2.75) is 26.7 Å². The molecule has 0 aliphatic heterocycles. The number of benzene rings is 8. The van der Waals surface area contributed by atoms with Crippen molar-refractivity contribution in [1.82, 2.24) is 0 Å². The van der Waals surface area contributed by atoms with Crippen LogP contribution in [0.3, 0.4) is 0 Å². The van der Waals surface area contributed by atoms with Gasteiger partial charge in [0, 0.05) is 0 Å². The summed E-state index contributed by atoms with van der Waals surface area (Å²) in [5.41, 5.74) is 10.6. The second kappa shape index (κ2) is 20.5. The molecule has 0 saturated heterocycles. The Morgan fingerprint density at radius 3 is 1.12 bits per heavy atom. The molecule has 0 bridgehead atoms. The van der Waals surface area contributed by atoms with Crippen molar-refractivity contribution in [2.24, 2.45) is 0 Å². The van der Waals surface area contributed by atoms with Crippen LogP contribution in [0.5, 0.6) is 0 Å². The molecular weight excluding hydrogens is 749 g/mol. The van der Waals surface area contributed by atoms with Gasteiger partial charge in [-0.25, -0.2) is 9.85 Å². The largest absolute Gasteiger partial charge is 4.00 e. The zero-order chi connectivity index (χ0) is 39.4. The second-order valence-electron chi connectivity index (χ2n) is 14.1. The number of rotatable bonds is 6. The Kier molecular flexibility index (Phi) is 14.8. The fourth-order valence-corrected chi connectivity index (χ4v) is 7.68. The van der Waals surface area contributed by atoms with Crippen molar-refractivity contribution in [2.75, 3.05) is 0 Å². The van der Waals surface area contributed by atoms with Gasteiger partial charge in [0.25, 0.3) is 0 Å². The maximum atomic E-state index is 4.53. The minimum Gasteiger partial charge on any atom is -0.533 e. The molecule has 10 rings (SSSR count). The minimum atomic E-state index is 0. The van der Waals surface area contributed by atoms with Gasteiger partial charge in [0.05, 0.1) is 0 Å². The van der Waals surface area contributed by atoms with Gasteiger partial charge in [-0.1, -0.05) is 158 Å². The summed E-state index contributed by atoms with van der Waals surface area (Å²) in [4.78, 5) is 0. The van der Waals surface area contributed by atoms with Crippen molar-refractivity contribution in [3.05, 3.63) is 235 Å². The first-order valence-electron chi connectivity index (χ1n) is 19.9. The van der Waals surface area contributed by atoms with E-state index in [9.17, 15) is 0 Å². The van der Waals surface area contributed by atoms with Crippen LogP contribution >= 0.6 is 0 Å². The van der Waals surface area contributed by atoms with Crippen molar-refractivity contribution in [3.8, 4) is 22.3 Å². The van der Waals surface area contributed by atoms with Crippen LogP contribution in [0.25, 0.3) is 65.3 Å². The summed E-state index contributed by atoms with van der Waals surface area (Å²) in [6.07, 6.45) is 8.87. The fraction of sp³-hybridized carbons (Fsp3) is 0.0714. The third-order valence-electron chi connectivity index (χ3n) is 10.5. The van der Waals surface area contributed by atoms with E-state index in [0.717, 1.165) is 12.8 Å². The SMILES string of the molecule is CCc1cc2c(-c3cccc4ccccc34)cccc2[cH-]1.CCc1cc2c(-c3cccc4ccccc34)cccc2[cH-]1.[CH-]=[SiH2].[Ti+4].c1ccc([CH-]c2ccccc2)cc1. The first kappa shape index (κ1) is 41.8. The van der Waals surface area contributed by atoms with E-state index in [4.69, 9.17) is 0 Å². The molecular formula is C56H48SiTi. The smallest absolute Gasteiger partial charge is 0.533 e. The Labute approximate surface area is 362 Å². The molecule has 0 nitrogen and oxygen atoms in total. The van der Waals surface area contributed by atoms with Gasteiger partial charge in [-0.15, -0.1) is 111 Å². The normalized spacial score (nSPS) is 10.4. The van der Waals surface area contributed by atoms with E-state index in [1.54, 1.807) is 0 Å². The first-order chi connectivity index (χ1) is 28.2. The second-order valence-corrected chi connectivity index (χ2v) is 14.1. The molecule has 0 aliphatic carbocycles. The fourth-order valence-electron chi connectivity index (χ4n) is 7.68. The number of hydrogen-bond acceptors (Lipinski definition) is 0. The molecule has 0 heterocycles. The molecule has 10 aromatic rings. The summed E-state index contributed by atoms with van der Waals surface area (Å²) in [7, 11) is 1.36. The van der Waals surface area contributed by atoms with E-state index in [0.29, 0.717) is 0 Å². The van der Waals surface area contributed by atoms with E-state index < -0.39 is 0 Å². The van der Waals surface area contributed by atoms with Crippen molar-refractivity contribution >= 4 is 59.1 Å². The van der Waals surface area contributed by atoms with Crippen LogP contribution in [0.4, 0.5) is 0 Å². The Morgan fingerprint density at radius 2 is 0.724 bits per heavy atom.